The maximum atomic E-state index is 12.5. The molecule has 0 fully saturated rings. The third-order valence-corrected chi connectivity index (χ3v) is 7.95. The van der Waals surface area contributed by atoms with Crippen molar-refractivity contribution in [3.05, 3.63) is 106 Å². The first kappa shape index (κ1) is 41.9. The second-order valence-electron chi connectivity index (χ2n) is 10.0. The summed E-state index contributed by atoms with van der Waals surface area (Å²) in [5.74, 6) is 1.54. The van der Waals surface area contributed by atoms with E-state index in [0.29, 0.717) is 5.82 Å². The van der Waals surface area contributed by atoms with E-state index in [2.05, 4.69) is 57.0 Å². The summed E-state index contributed by atoms with van der Waals surface area (Å²) in [5.41, 5.74) is 10.3. The van der Waals surface area contributed by atoms with Gasteiger partial charge in [0.2, 0.25) is 5.91 Å². The molecule has 228 valence electrons. The first-order valence-electron chi connectivity index (χ1n) is 12.6. The molecule has 0 saturated heterocycles. The Morgan fingerprint density at radius 1 is 0.667 bits per heavy atom. The number of benzene rings is 2. The molecule has 0 aromatic heterocycles. The molecule has 0 atom stereocenters. The van der Waals surface area contributed by atoms with Gasteiger partial charge in [0.25, 0.3) is 0 Å². The number of hydrogen-bond donors (Lipinski definition) is 0. The minimum atomic E-state index is -0.0130. The van der Waals surface area contributed by atoms with Crippen LogP contribution >= 0.6 is 12.2 Å². The van der Waals surface area contributed by atoms with Gasteiger partial charge in [-0.05, 0) is 27.7 Å². The molecule has 2 aromatic carbocycles. The van der Waals surface area contributed by atoms with Crippen molar-refractivity contribution in [2.45, 2.75) is 70.2 Å². The van der Waals surface area contributed by atoms with E-state index in [9.17, 15) is 4.79 Å². The molecule has 0 saturated carbocycles. The topological polar surface area (TPSA) is 30.0 Å². The SMILES string of the molecule is C.C.C=C1N(C)C(C)=C(C)C(=O)N1c1c[c-]c(C)cc1C.C=C1N(C)C(C)=C(C)C(=S)N1c1c[c-]c(C)cc1C.[W].[W]. The average Bonchev–Trinajstić information content (AvgIpc) is 2.87. The molecular formula is C34H46N4OSW2-2. The molecule has 2 aliphatic rings. The Bertz CT molecular complexity index is 1320. The Kier molecular flexibility index (Phi) is 16.5. The summed E-state index contributed by atoms with van der Waals surface area (Å²) in [6.45, 7) is 24.2. The molecule has 2 aliphatic heterocycles. The van der Waals surface area contributed by atoms with Crippen molar-refractivity contribution in [3.8, 4) is 0 Å². The number of anilines is 2. The Labute approximate surface area is 289 Å². The molecule has 0 aliphatic carbocycles. The number of carbonyl (C=O) groups excluding carboxylic acids is 1. The zero-order chi connectivity index (χ0) is 28.6. The predicted molar refractivity (Wildman–Crippen MR) is 176 cm³/mol. The van der Waals surface area contributed by atoms with Gasteiger partial charge in [-0.2, -0.15) is 47.5 Å². The molecular weight excluding hydrogens is 880 g/mol. The van der Waals surface area contributed by atoms with Crippen LogP contribution in [0.5, 0.6) is 0 Å². The van der Waals surface area contributed by atoms with E-state index < -0.39 is 0 Å². The Balaban J connectivity index is 0. The van der Waals surface area contributed by atoms with Gasteiger partial charge in [-0.15, -0.1) is 11.1 Å². The van der Waals surface area contributed by atoms with E-state index in [-0.39, 0.29) is 62.9 Å². The Morgan fingerprint density at radius 3 is 1.43 bits per heavy atom. The van der Waals surface area contributed by atoms with Crippen LogP contribution in [0.1, 0.15) is 64.8 Å². The number of aryl methyl sites for hydroxylation is 4. The maximum Gasteiger partial charge on any atom is 0.250 e. The van der Waals surface area contributed by atoms with E-state index in [0.717, 1.165) is 61.4 Å². The largest absolute Gasteiger partial charge is 0.343 e. The second-order valence-corrected chi connectivity index (χ2v) is 10.4. The van der Waals surface area contributed by atoms with Crippen molar-refractivity contribution in [3.63, 3.8) is 0 Å². The number of nitrogens with zero attached hydrogens (tertiary/aromatic N) is 4. The van der Waals surface area contributed by atoms with Crippen LogP contribution in [0.3, 0.4) is 0 Å². The fraction of sp³-hybridized carbons (Fsp3) is 0.353. The standard InChI is InChI=1S/C16H19N2O.C16H19N2S.2CH4.2W/c2*1-10-7-8-15(11(2)9-10)18-14(5)17(6)13(4)12(3)16(18)19;;;;/h2*8-9H,5H2,1-4,6H3;2*1H4;;/q2*-1;;;;. The molecule has 0 radical (unpaired) electrons. The molecule has 4 rings (SSSR count). The van der Waals surface area contributed by atoms with Gasteiger partial charge in [0, 0.05) is 78.8 Å². The van der Waals surface area contributed by atoms with Crippen molar-refractivity contribution >= 4 is 34.5 Å². The van der Waals surface area contributed by atoms with Gasteiger partial charge >= 0.3 is 0 Å². The van der Waals surface area contributed by atoms with Crippen LogP contribution in [-0.2, 0) is 46.9 Å². The third kappa shape index (κ3) is 8.01. The Morgan fingerprint density at radius 2 is 1.02 bits per heavy atom. The van der Waals surface area contributed by atoms with Crippen LogP contribution in [-0.4, -0.2) is 34.8 Å². The molecule has 2 heterocycles. The van der Waals surface area contributed by atoms with E-state index in [4.69, 9.17) is 12.2 Å². The van der Waals surface area contributed by atoms with Gasteiger partial charge < -0.3 is 19.6 Å². The molecule has 0 spiro atoms. The second kappa shape index (κ2) is 16.5. The number of hydrogen-bond acceptors (Lipinski definition) is 4. The zero-order valence-corrected chi connectivity index (χ0v) is 31.8. The molecule has 42 heavy (non-hydrogen) atoms. The van der Waals surface area contributed by atoms with Gasteiger partial charge in [0.1, 0.15) is 10.8 Å². The first-order chi connectivity index (χ1) is 17.7. The summed E-state index contributed by atoms with van der Waals surface area (Å²) in [5, 5.41) is 0. The molecule has 1 amide bonds. The molecule has 0 bridgehead atoms. The van der Waals surface area contributed by atoms with Crippen LogP contribution < -0.4 is 9.80 Å². The number of carbonyl (C=O) groups is 1. The van der Waals surface area contributed by atoms with Crippen LogP contribution in [0.15, 0.2) is 71.6 Å². The fourth-order valence-electron chi connectivity index (χ4n) is 4.52. The number of rotatable bonds is 2. The van der Waals surface area contributed by atoms with Gasteiger partial charge in [-0.3, -0.25) is 4.79 Å². The zero-order valence-electron chi connectivity index (χ0n) is 25.1. The number of amides is 1. The molecule has 5 nitrogen and oxygen atoms in total. The summed E-state index contributed by atoms with van der Waals surface area (Å²) in [6.07, 6.45) is 0. The van der Waals surface area contributed by atoms with Gasteiger partial charge in [-0.1, -0.05) is 79.3 Å². The van der Waals surface area contributed by atoms with E-state index >= 15 is 0 Å². The predicted octanol–water partition coefficient (Wildman–Crippen LogP) is 8.36. The van der Waals surface area contributed by atoms with Crippen LogP contribution in [0.25, 0.3) is 0 Å². The number of allylic oxidation sites excluding steroid dienone is 2. The van der Waals surface area contributed by atoms with E-state index in [1.54, 1.807) is 4.90 Å². The monoisotopic (exact) mass is 926 g/mol. The summed E-state index contributed by atoms with van der Waals surface area (Å²) in [4.78, 5) is 21.0. The van der Waals surface area contributed by atoms with Crippen LogP contribution in [0.4, 0.5) is 11.4 Å². The molecule has 0 N–H and O–H groups in total. The van der Waals surface area contributed by atoms with Crippen molar-refractivity contribution in [1.82, 2.24) is 9.80 Å². The summed E-state index contributed by atoms with van der Waals surface area (Å²) in [7, 11) is 3.94. The first-order valence-corrected chi connectivity index (χ1v) is 13.0. The minimum absolute atomic E-state index is 0. The van der Waals surface area contributed by atoms with Crippen molar-refractivity contribution in [1.29, 1.82) is 0 Å². The summed E-state index contributed by atoms with van der Waals surface area (Å²) >= 11 is 5.60. The third-order valence-electron chi connectivity index (χ3n) is 7.46. The minimum Gasteiger partial charge on any atom is -0.343 e. The molecule has 8 heteroatoms. The van der Waals surface area contributed by atoms with Crippen molar-refractivity contribution in [2.75, 3.05) is 23.9 Å². The van der Waals surface area contributed by atoms with Crippen molar-refractivity contribution in [2.24, 2.45) is 0 Å². The molecule has 2 aromatic rings. The van der Waals surface area contributed by atoms with Gasteiger partial charge in [-0.25, -0.2) is 0 Å². The fourth-order valence-corrected chi connectivity index (χ4v) is 4.87. The van der Waals surface area contributed by atoms with Crippen LogP contribution in [0.2, 0.25) is 0 Å². The van der Waals surface area contributed by atoms with E-state index in [1.807, 2.05) is 76.7 Å². The summed E-state index contributed by atoms with van der Waals surface area (Å²) in [6, 6.07) is 14.4. The molecule has 0 unspecified atom stereocenters. The number of thiocarbonyl (C=S) groups is 1. The normalized spacial score (nSPS) is 14.9. The van der Waals surface area contributed by atoms with Gasteiger partial charge in [0.05, 0.1) is 5.82 Å². The smallest absolute Gasteiger partial charge is 0.250 e. The summed E-state index contributed by atoms with van der Waals surface area (Å²) < 4.78 is 0. The van der Waals surface area contributed by atoms with Gasteiger partial charge in [0.15, 0.2) is 0 Å². The Hall–Kier alpha value is -2.26. The van der Waals surface area contributed by atoms with E-state index in [1.165, 1.54) is 5.56 Å². The quantitative estimate of drug-likeness (QED) is 0.224. The average molecular weight is 927 g/mol. The maximum absolute atomic E-state index is 12.5. The van der Waals surface area contributed by atoms with Crippen molar-refractivity contribution < 1.29 is 46.9 Å². The van der Waals surface area contributed by atoms with Crippen LogP contribution in [0, 0.1) is 39.8 Å².